The highest BCUT2D eigenvalue weighted by Gasteiger charge is 2.31. The molecule has 142 valence electrons. The Balaban J connectivity index is 1.38. The summed E-state index contributed by atoms with van der Waals surface area (Å²) in [5.74, 6) is 0.0403. The number of rotatable bonds is 7. The Bertz CT molecular complexity index is 751. The smallest absolute Gasteiger partial charge is 0.315 e. The van der Waals surface area contributed by atoms with E-state index >= 15 is 0 Å². The molecule has 1 saturated heterocycles. The third-order valence-electron chi connectivity index (χ3n) is 4.71. The maximum Gasteiger partial charge on any atom is 0.315 e. The molecule has 0 aromatic heterocycles. The Kier molecular flexibility index (Phi) is 6.44. The highest BCUT2D eigenvalue weighted by molar-refractivity contribution is 5.96. The van der Waals surface area contributed by atoms with Gasteiger partial charge in [-0.3, -0.25) is 4.79 Å². The van der Waals surface area contributed by atoms with Gasteiger partial charge in [0.25, 0.3) is 0 Å². The summed E-state index contributed by atoms with van der Waals surface area (Å²) < 4.78 is 0. The third-order valence-corrected chi connectivity index (χ3v) is 4.71. The number of likely N-dealkylation sites (N-methyl/N-ethyl adjacent to an activating group) is 1. The van der Waals surface area contributed by atoms with E-state index in [-0.39, 0.29) is 18.0 Å². The molecule has 1 unspecified atom stereocenters. The van der Waals surface area contributed by atoms with Crippen molar-refractivity contribution in [2.24, 2.45) is 0 Å². The monoisotopic (exact) mass is 367 g/mol. The largest absolute Gasteiger partial charge is 0.333 e. The van der Waals surface area contributed by atoms with Crippen molar-refractivity contribution >= 4 is 17.6 Å². The van der Waals surface area contributed by atoms with Crippen LogP contribution in [0.3, 0.4) is 0 Å². The normalized spacial score (nSPS) is 17.6. The lowest BCUT2D eigenvalue weighted by Gasteiger charge is -2.18. The fraction of sp³-hybridized carbons (Fsp3) is 0.333. The van der Waals surface area contributed by atoms with Crippen LogP contribution in [0.5, 0.6) is 0 Å². The number of benzene rings is 2. The molecule has 2 atom stereocenters. The molecule has 0 spiro atoms. The molecule has 3 rings (SSSR count). The van der Waals surface area contributed by atoms with Crippen LogP contribution in [0.2, 0.25) is 0 Å². The first-order chi connectivity index (χ1) is 13.1. The van der Waals surface area contributed by atoms with Crippen LogP contribution in [0.25, 0.3) is 0 Å². The van der Waals surface area contributed by atoms with Crippen molar-refractivity contribution < 1.29 is 14.5 Å². The molecule has 1 heterocycles. The van der Waals surface area contributed by atoms with Crippen LogP contribution in [-0.2, 0) is 11.3 Å². The number of hydrogen-bond acceptors (Lipinski definition) is 2. The molecule has 3 amide bonds. The number of anilines is 1. The van der Waals surface area contributed by atoms with Gasteiger partial charge in [0.1, 0.15) is 6.54 Å². The third kappa shape index (κ3) is 5.56. The van der Waals surface area contributed by atoms with Crippen molar-refractivity contribution in [2.75, 3.05) is 31.6 Å². The minimum Gasteiger partial charge on any atom is -0.333 e. The van der Waals surface area contributed by atoms with Crippen molar-refractivity contribution in [2.45, 2.75) is 19.0 Å². The molecule has 2 aromatic rings. The molecule has 0 saturated carbocycles. The maximum absolute atomic E-state index is 12.2. The number of amides is 3. The number of hydrogen-bond donors (Lipinski definition) is 3. The molecule has 0 bridgehead atoms. The predicted molar refractivity (Wildman–Crippen MR) is 106 cm³/mol. The minimum absolute atomic E-state index is 0.0403. The van der Waals surface area contributed by atoms with Gasteiger partial charge in [0, 0.05) is 24.2 Å². The van der Waals surface area contributed by atoms with Gasteiger partial charge in [-0.15, -0.1) is 0 Å². The van der Waals surface area contributed by atoms with Crippen molar-refractivity contribution in [3.05, 3.63) is 66.2 Å². The second-order valence-corrected chi connectivity index (χ2v) is 7.01. The van der Waals surface area contributed by atoms with E-state index in [9.17, 15) is 9.59 Å². The second kappa shape index (κ2) is 9.19. The molecular formula is C21H27N4O2+. The molecule has 1 aliphatic rings. The lowest BCUT2D eigenvalue weighted by molar-refractivity contribution is -0.892. The molecular weight excluding hydrogens is 340 g/mol. The minimum atomic E-state index is -0.213. The van der Waals surface area contributed by atoms with Gasteiger partial charge in [0.05, 0.1) is 26.2 Å². The van der Waals surface area contributed by atoms with E-state index < -0.39 is 0 Å². The van der Waals surface area contributed by atoms with Crippen LogP contribution in [-0.4, -0.2) is 44.7 Å². The van der Waals surface area contributed by atoms with Crippen molar-refractivity contribution in [3.63, 3.8) is 0 Å². The van der Waals surface area contributed by atoms with E-state index in [4.69, 9.17) is 0 Å². The van der Waals surface area contributed by atoms with E-state index in [1.165, 1.54) is 10.5 Å². The predicted octanol–water partition coefficient (Wildman–Crippen LogP) is 0.806. The Morgan fingerprint density at radius 2 is 1.78 bits per heavy atom. The lowest BCUT2D eigenvalue weighted by Crippen LogP contribution is -3.08. The number of nitrogens with zero attached hydrogens (tertiary/aromatic N) is 1. The maximum atomic E-state index is 12.2. The van der Waals surface area contributed by atoms with Gasteiger partial charge < -0.3 is 20.4 Å². The number of carbonyl (C=O) groups is 2. The Morgan fingerprint density at radius 3 is 2.48 bits per heavy atom. The first-order valence-corrected chi connectivity index (χ1v) is 9.37. The van der Waals surface area contributed by atoms with Gasteiger partial charge in [-0.2, -0.15) is 0 Å². The van der Waals surface area contributed by atoms with Crippen molar-refractivity contribution in [1.82, 2.24) is 10.6 Å². The zero-order chi connectivity index (χ0) is 19.1. The summed E-state index contributed by atoms with van der Waals surface area (Å²) in [6.07, 6.45) is 0.335. The van der Waals surface area contributed by atoms with Crippen molar-refractivity contribution in [1.29, 1.82) is 0 Å². The fourth-order valence-electron chi connectivity index (χ4n) is 3.32. The topological polar surface area (TPSA) is 65.9 Å². The summed E-state index contributed by atoms with van der Waals surface area (Å²) in [6.45, 7) is 2.86. The highest BCUT2D eigenvalue weighted by Crippen LogP contribution is 2.20. The SMILES string of the molecule is C[NH+](CCNC(=O)N[C@@H]1CC(=O)N(c2ccccc2)C1)Cc1ccccc1. The first-order valence-electron chi connectivity index (χ1n) is 9.37. The van der Waals surface area contributed by atoms with Crippen LogP contribution in [0, 0.1) is 0 Å². The van der Waals surface area contributed by atoms with Gasteiger partial charge in [0.15, 0.2) is 0 Å². The average molecular weight is 367 g/mol. The van der Waals surface area contributed by atoms with E-state index in [0.29, 0.717) is 19.5 Å². The van der Waals surface area contributed by atoms with Gasteiger partial charge >= 0.3 is 6.03 Å². The summed E-state index contributed by atoms with van der Waals surface area (Å²) in [4.78, 5) is 27.4. The molecule has 3 N–H and O–H groups in total. The average Bonchev–Trinajstić information content (AvgIpc) is 3.03. The van der Waals surface area contributed by atoms with E-state index in [1.807, 2.05) is 48.5 Å². The highest BCUT2D eigenvalue weighted by atomic mass is 16.2. The molecule has 0 radical (unpaired) electrons. The Hall–Kier alpha value is -2.86. The Morgan fingerprint density at radius 1 is 1.11 bits per heavy atom. The van der Waals surface area contributed by atoms with Crippen LogP contribution >= 0.6 is 0 Å². The van der Waals surface area contributed by atoms with Crippen LogP contribution in [0.15, 0.2) is 60.7 Å². The second-order valence-electron chi connectivity index (χ2n) is 7.01. The Labute approximate surface area is 160 Å². The zero-order valence-corrected chi connectivity index (χ0v) is 15.7. The van der Waals surface area contributed by atoms with E-state index in [1.54, 1.807) is 4.90 Å². The van der Waals surface area contributed by atoms with Gasteiger partial charge in [-0.05, 0) is 12.1 Å². The quantitative estimate of drug-likeness (QED) is 0.678. The van der Waals surface area contributed by atoms with Gasteiger partial charge in [0.2, 0.25) is 5.91 Å². The van der Waals surface area contributed by atoms with Crippen LogP contribution in [0.4, 0.5) is 10.5 Å². The van der Waals surface area contributed by atoms with E-state index in [0.717, 1.165) is 18.8 Å². The summed E-state index contributed by atoms with van der Waals surface area (Å²) in [6, 6.07) is 19.5. The molecule has 6 nitrogen and oxygen atoms in total. The van der Waals surface area contributed by atoms with Gasteiger partial charge in [-0.1, -0.05) is 48.5 Å². The van der Waals surface area contributed by atoms with Crippen molar-refractivity contribution in [3.8, 4) is 0 Å². The zero-order valence-electron chi connectivity index (χ0n) is 15.7. The van der Waals surface area contributed by atoms with Crippen LogP contribution < -0.4 is 20.4 Å². The van der Waals surface area contributed by atoms with Crippen LogP contribution in [0.1, 0.15) is 12.0 Å². The molecule has 0 aliphatic carbocycles. The summed E-state index contributed by atoms with van der Waals surface area (Å²) >= 11 is 0. The number of para-hydroxylation sites is 1. The summed E-state index contributed by atoms with van der Waals surface area (Å²) in [5, 5.41) is 5.81. The van der Waals surface area contributed by atoms with Gasteiger partial charge in [-0.25, -0.2) is 4.79 Å². The number of nitrogens with one attached hydrogen (secondary N) is 3. The lowest BCUT2D eigenvalue weighted by atomic mass is 10.2. The molecule has 27 heavy (non-hydrogen) atoms. The summed E-state index contributed by atoms with van der Waals surface area (Å²) in [7, 11) is 2.11. The molecule has 2 aromatic carbocycles. The number of urea groups is 1. The fourth-order valence-corrected chi connectivity index (χ4v) is 3.32. The number of carbonyl (C=O) groups excluding carboxylic acids is 2. The molecule has 6 heteroatoms. The first kappa shape index (κ1) is 18.9. The summed E-state index contributed by atoms with van der Waals surface area (Å²) in [5.41, 5.74) is 2.16. The number of quaternary nitrogens is 1. The molecule has 1 aliphatic heterocycles. The standard InChI is InChI=1S/C21H26N4O2/c1-24(15-17-8-4-2-5-9-17)13-12-22-21(27)23-18-14-20(26)25(16-18)19-10-6-3-7-11-19/h2-11,18H,12-16H2,1H3,(H2,22,23,27)/p+1/t18-/m1/s1. The van der Waals surface area contributed by atoms with E-state index in [2.05, 4.69) is 29.8 Å². The molecule has 1 fully saturated rings.